The van der Waals surface area contributed by atoms with Crippen LogP contribution < -0.4 is 4.90 Å². The summed E-state index contributed by atoms with van der Waals surface area (Å²) in [5, 5.41) is 11.6. The van der Waals surface area contributed by atoms with Gasteiger partial charge in [-0.15, -0.1) is 0 Å². The molecule has 0 spiro atoms. The molecule has 2 heterocycles. The van der Waals surface area contributed by atoms with Crippen LogP contribution in [0.2, 0.25) is 0 Å². The number of hydrogen-bond acceptors (Lipinski definition) is 8. The van der Waals surface area contributed by atoms with Crippen LogP contribution in [0.4, 0.5) is 11.4 Å². The number of carbonyl (C=O) groups excluding carboxylic acids is 1. The van der Waals surface area contributed by atoms with Gasteiger partial charge < -0.3 is 14.4 Å². The molecule has 2 aliphatic heterocycles. The van der Waals surface area contributed by atoms with Crippen molar-refractivity contribution in [1.29, 1.82) is 0 Å². The highest BCUT2D eigenvalue weighted by atomic mass is 32.2. The number of ether oxygens (including phenoxy) is 2. The molecule has 3 rings (SSSR count). The summed E-state index contributed by atoms with van der Waals surface area (Å²) in [5.41, 5.74) is 0.800. The van der Waals surface area contributed by atoms with Crippen LogP contribution in [0.25, 0.3) is 6.08 Å². The highest BCUT2D eigenvalue weighted by Gasteiger charge is 2.34. The van der Waals surface area contributed by atoms with Gasteiger partial charge in [0.1, 0.15) is 5.69 Å². The van der Waals surface area contributed by atoms with Gasteiger partial charge in [-0.1, -0.05) is 6.07 Å². The third-order valence-corrected chi connectivity index (χ3v) is 7.05. The number of rotatable bonds is 6. The van der Waals surface area contributed by atoms with Gasteiger partial charge in [-0.2, -0.15) is 17.0 Å². The van der Waals surface area contributed by atoms with Crippen molar-refractivity contribution in [2.45, 2.75) is 0 Å². The lowest BCUT2D eigenvalue weighted by molar-refractivity contribution is -0.384. The van der Waals surface area contributed by atoms with Crippen molar-refractivity contribution in [2.75, 3.05) is 64.5 Å². The van der Waals surface area contributed by atoms with Crippen LogP contribution in [0.5, 0.6) is 0 Å². The third-order valence-electron chi connectivity index (χ3n) is 5.01. The number of nitro groups is 1. The number of morpholine rings is 1. The molecule has 2 aliphatic rings. The maximum atomic E-state index is 12.8. The summed E-state index contributed by atoms with van der Waals surface area (Å²) in [5.74, 6) is -0.556. The molecule has 0 N–H and O–H groups in total. The average Bonchev–Trinajstić information content (AvgIpc) is 2.78. The molecule has 1 aromatic carbocycles. The van der Waals surface area contributed by atoms with Crippen molar-refractivity contribution in [2.24, 2.45) is 0 Å². The van der Waals surface area contributed by atoms with Gasteiger partial charge in [0.05, 0.1) is 25.2 Å². The van der Waals surface area contributed by atoms with E-state index in [4.69, 9.17) is 4.74 Å². The zero-order chi connectivity index (χ0) is 21.7. The Kier molecular flexibility index (Phi) is 7.02. The van der Waals surface area contributed by atoms with Crippen molar-refractivity contribution in [1.82, 2.24) is 8.61 Å². The van der Waals surface area contributed by atoms with E-state index >= 15 is 0 Å². The third kappa shape index (κ3) is 4.95. The number of hydrogen-bond donors (Lipinski definition) is 0. The second-order valence-electron chi connectivity index (χ2n) is 6.77. The zero-order valence-corrected chi connectivity index (χ0v) is 17.4. The van der Waals surface area contributed by atoms with E-state index in [0.29, 0.717) is 50.6 Å². The molecule has 0 aliphatic carbocycles. The van der Waals surface area contributed by atoms with Crippen molar-refractivity contribution in [3.05, 3.63) is 40.0 Å². The Labute approximate surface area is 174 Å². The second kappa shape index (κ2) is 9.51. The van der Waals surface area contributed by atoms with Crippen molar-refractivity contribution >= 4 is 33.6 Å². The minimum atomic E-state index is -3.57. The standard InChI is InChI=1S/C18H24N4O7S/c1-28-18(23)5-3-15-2-4-16(17(14-15)22(24)25)19-6-8-20(9-7-19)30(26,27)21-10-12-29-13-11-21/h2-5,14H,6-13H2,1H3/b5-3+. The first-order chi connectivity index (χ1) is 14.3. The smallest absolute Gasteiger partial charge is 0.330 e. The number of esters is 1. The fourth-order valence-electron chi connectivity index (χ4n) is 3.39. The fraction of sp³-hybridized carbons (Fsp3) is 0.500. The number of carbonyl (C=O) groups is 1. The number of benzene rings is 1. The molecule has 0 amide bonds. The predicted molar refractivity (Wildman–Crippen MR) is 109 cm³/mol. The number of nitrogens with zero attached hydrogens (tertiary/aromatic N) is 4. The van der Waals surface area contributed by atoms with E-state index in [1.165, 1.54) is 33.9 Å². The van der Waals surface area contributed by atoms with E-state index in [0.717, 1.165) is 0 Å². The molecule has 2 saturated heterocycles. The maximum absolute atomic E-state index is 12.8. The van der Waals surface area contributed by atoms with Crippen LogP contribution in [0.1, 0.15) is 5.56 Å². The summed E-state index contributed by atoms with van der Waals surface area (Å²) in [6.07, 6.45) is 2.63. The molecule has 1 aromatic rings. The Morgan fingerprint density at radius 2 is 1.77 bits per heavy atom. The van der Waals surface area contributed by atoms with Crippen LogP contribution in [0, 0.1) is 10.1 Å². The summed E-state index contributed by atoms with van der Waals surface area (Å²) in [6.45, 7) is 2.55. The molecule has 0 unspecified atom stereocenters. The molecule has 0 bridgehead atoms. The van der Waals surface area contributed by atoms with Crippen LogP contribution in [-0.2, 0) is 24.5 Å². The summed E-state index contributed by atoms with van der Waals surface area (Å²) >= 11 is 0. The second-order valence-corrected chi connectivity index (χ2v) is 8.70. The zero-order valence-electron chi connectivity index (χ0n) is 16.6. The lowest BCUT2D eigenvalue weighted by Crippen LogP contribution is -2.55. The fourth-order valence-corrected chi connectivity index (χ4v) is 4.95. The SMILES string of the molecule is COC(=O)/C=C/c1ccc(N2CCN(S(=O)(=O)N3CCOCC3)CC2)c([N+](=O)[O-])c1. The van der Waals surface area contributed by atoms with Gasteiger partial charge in [-0.05, 0) is 17.7 Å². The van der Waals surface area contributed by atoms with Crippen LogP contribution in [0.15, 0.2) is 24.3 Å². The molecule has 164 valence electrons. The van der Waals surface area contributed by atoms with Gasteiger partial charge in [0.25, 0.3) is 15.9 Å². The van der Waals surface area contributed by atoms with Gasteiger partial charge in [0, 0.05) is 51.4 Å². The van der Waals surface area contributed by atoms with Gasteiger partial charge in [0.2, 0.25) is 0 Å². The summed E-state index contributed by atoms with van der Waals surface area (Å²) in [7, 11) is -2.32. The molecule has 0 aromatic heterocycles. The molecule has 30 heavy (non-hydrogen) atoms. The van der Waals surface area contributed by atoms with Gasteiger partial charge in [0.15, 0.2) is 0 Å². The van der Waals surface area contributed by atoms with Crippen LogP contribution in [-0.4, -0.2) is 87.5 Å². The molecule has 0 saturated carbocycles. The normalized spacial score (nSPS) is 19.2. The Hall–Kier alpha value is -2.54. The topological polar surface area (TPSA) is 123 Å². The molecule has 12 heteroatoms. The molecular formula is C18H24N4O7S. The van der Waals surface area contributed by atoms with Gasteiger partial charge in [-0.3, -0.25) is 10.1 Å². The minimum absolute atomic E-state index is 0.105. The highest BCUT2D eigenvalue weighted by Crippen LogP contribution is 2.31. The Morgan fingerprint density at radius 3 is 2.37 bits per heavy atom. The van der Waals surface area contributed by atoms with E-state index in [-0.39, 0.29) is 18.8 Å². The van der Waals surface area contributed by atoms with Crippen LogP contribution >= 0.6 is 0 Å². The van der Waals surface area contributed by atoms with E-state index < -0.39 is 21.1 Å². The Balaban J connectivity index is 1.72. The quantitative estimate of drug-likeness (QED) is 0.271. The van der Waals surface area contributed by atoms with Gasteiger partial charge in [-0.25, -0.2) is 4.79 Å². The first-order valence-electron chi connectivity index (χ1n) is 9.45. The Bertz CT molecular complexity index is 920. The van der Waals surface area contributed by atoms with Gasteiger partial charge >= 0.3 is 5.97 Å². The lowest BCUT2D eigenvalue weighted by atomic mass is 10.1. The number of methoxy groups -OCH3 is 1. The molecular weight excluding hydrogens is 416 g/mol. The first-order valence-corrected chi connectivity index (χ1v) is 10.8. The van der Waals surface area contributed by atoms with Crippen molar-refractivity contribution < 1.29 is 27.6 Å². The lowest BCUT2D eigenvalue weighted by Gasteiger charge is -2.38. The first kappa shape index (κ1) is 22.2. The molecule has 0 radical (unpaired) electrons. The number of nitro benzene ring substituents is 1. The van der Waals surface area contributed by atoms with E-state index in [1.807, 2.05) is 0 Å². The monoisotopic (exact) mass is 440 g/mol. The van der Waals surface area contributed by atoms with Crippen molar-refractivity contribution in [3.63, 3.8) is 0 Å². The largest absolute Gasteiger partial charge is 0.466 e. The molecule has 0 atom stereocenters. The molecule has 2 fully saturated rings. The number of anilines is 1. The maximum Gasteiger partial charge on any atom is 0.330 e. The van der Waals surface area contributed by atoms with E-state index in [1.54, 1.807) is 17.0 Å². The number of piperazine rings is 1. The Morgan fingerprint density at radius 1 is 1.13 bits per heavy atom. The molecule has 11 nitrogen and oxygen atoms in total. The van der Waals surface area contributed by atoms with E-state index in [9.17, 15) is 23.3 Å². The summed E-state index contributed by atoms with van der Waals surface area (Å²) in [6, 6.07) is 4.66. The van der Waals surface area contributed by atoms with Crippen LogP contribution in [0.3, 0.4) is 0 Å². The van der Waals surface area contributed by atoms with E-state index in [2.05, 4.69) is 4.74 Å². The average molecular weight is 440 g/mol. The summed E-state index contributed by atoms with van der Waals surface area (Å²) < 4.78 is 38.1. The van der Waals surface area contributed by atoms with Crippen molar-refractivity contribution in [3.8, 4) is 0 Å². The predicted octanol–water partition coefficient (Wildman–Crippen LogP) is 0.480. The summed E-state index contributed by atoms with van der Waals surface area (Å²) in [4.78, 5) is 24.1. The highest BCUT2D eigenvalue weighted by molar-refractivity contribution is 7.86. The minimum Gasteiger partial charge on any atom is -0.466 e.